The number of ether oxygens (including phenoxy) is 1. The van der Waals surface area contributed by atoms with Crippen LogP contribution >= 0.6 is 0 Å². The molecule has 0 aliphatic heterocycles. The molecule has 2 aromatic carbocycles. The molecule has 4 rings (SSSR count). The highest BCUT2D eigenvalue weighted by atomic mass is 19.3. The number of rotatable bonds is 5. The zero-order chi connectivity index (χ0) is 22.8. The Morgan fingerprint density at radius 2 is 1.62 bits per heavy atom. The van der Waals surface area contributed by atoms with E-state index in [4.69, 9.17) is 0 Å². The van der Waals surface area contributed by atoms with Gasteiger partial charge in [-0.1, -0.05) is 36.4 Å². The van der Waals surface area contributed by atoms with Crippen LogP contribution in [-0.4, -0.2) is 27.9 Å². The highest BCUT2D eigenvalue weighted by molar-refractivity contribution is 6.09. The van der Waals surface area contributed by atoms with Crippen molar-refractivity contribution in [3.63, 3.8) is 0 Å². The van der Waals surface area contributed by atoms with E-state index in [2.05, 4.69) is 14.7 Å². The fraction of sp³-hybridized carbons (Fsp3) is 0.0455. The van der Waals surface area contributed by atoms with Crippen LogP contribution in [0.2, 0.25) is 0 Å². The van der Waals surface area contributed by atoms with Crippen molar-refractivity contribution < 1.29 is 31.5 Å². The van der Waals surface area contributed by atoms with Crippen molar-refractivity contribution in [2.75, 3.05) is 0 Å². The van der Waals surface area contributed by atoms with Crippen LogP contribution in [0.25, 0.3) is 16.9 Å². The number of ketones is 1. The van der Waals surface area contributed by atoms with E-state index < -0.39 is 41.6 Å². The fourth-order valence-corrected chi connectivity index (χ4v) is 3.14. The number of alkyl halides is 2. The number of hydrogen-bond donors (Lipinski definition) is 0. The number of hydrogen-bond acceptors (Lipinski definition) is 4. The van der Waals surface area contributed by atoms with E-state index in [-0.39, 0.29) is 16.9 Å². The molecule has 0 atom stereocenters. The molecule has 2 aromatic heterocycles. The molecule has 10 heteroatoms. The first-order chi connectivity index (χ1) is 15.3. The summed E-state index contributed by atoms with van der Waals surface area (Å²) in [5, 5.41) is 0. The number of carbonyl (C=O) groups is 1. The Morgan fingerprint density at radius 1 is 0.938 bits per heavy atom. The zero-order valence-corrected chi connectivity index (χ0v) is 16.0. The van der Waals surface area contributed by atoms with E-state index in [1.54, 1.807) is 30.3 Å². The summed E-state index contributed by atoms with van der Waals surface area (Å²) in [4.78, 5) is 20.0. The van der Waals surface area contributed by atoms with Crippen LogP contribution < -0.4 is 0 Å². The number of fused-ring (bicyclic) bond motifs is 1. The molecule has 0 radical (unpaired) electrons. The summed E-state index contributed by atoms with van der Waals surface area (Å²) >= 11 is 0. The first-order valence-corrected chi connectivity index (χ1v) is 9.10. The standard InChI is InChI=1S/C22H12F5N3O2/c23-14-7-4-8-15(24)17(14)18-20(29-22(27)32-21(25)26)28-16-10-9-13(11-30(16)18)19(31)12-5-2-1-3-6-12/h1-11,21H. The van der Waals surface area contributed by atoms with E-state index in [1.165, 1.54) is 18.3 Å². The summed E-state index contributed by atoms with van der Waals surface area (Å²) < 4.78 is 72.2. The van der Waals surface area contributed by atoms with Crippen molar-refractivity contribution in [3.8, 4) is 11.3 Å². The summed E-state index contributed by atoms with van der Waals surface area (Å²) in [5.74, 6) is -3.06. The Labute approximate surface area is 177 Å². The van der Waals surface area contributed by atoms with Gasteiger partial charge in [0.15, 0.2) is 11.6 Å². The van der Waals surface area contributed by atoms with E-state index in [0.29, 0.717) is 5.56 Å². The minimum absolute atomic E-state index is 0.0378. The van der Waals surface area contributed by atoms with E-state index in [1.807, 2.05) is 0 Å². The third-order valence-electron chi connectivity index (χ3n) is 4.48. The molecule has 0 N–H and O–H groups in total. The predicted octanol–water partition coefficient (Wildman–Crippen LogP) is 5.71. The van der Waals surface area contributed by atoms with Gasteiger partial charge >= 0.3 is 12.8 Å². The SMILES string of the molecule is O=C(c1ccccc1)c1ccc2nc(N=C(F)OC(F)F)c(-c3c(F)cccc3F)n2c1. The summed E-state index contributed by atoms with van der Waals surface area (Å²) in [6.07, 6.45) is -0.689. The average Bonchev–Trinajstić information content (AvgIpc) is 3.10. The minimum atomic E-state index is -3.50. The van der Waals surface area contributed by atoms with Crippen LogP contribution in [0.4, 0.5) is 27.8 Å². The first-order valence-electron chi connectivity index (χ1n) is 9.10. The van der Waals surface area contributed by atoms with Crippen molar-refractivity contribution in [1.82, 2.24) is 9.38 Å². The average molecular weight is 445 g/mol. The Balaban J connectivity index is 1.95. The van der Waals surface area contributed by atoms with Crippen molar-refractivity contribution >= 4 is 23.4 Å². The lowest BCUT2D eigenvalue weighted by Gasteiger charge is -2.08. The van der Waals surface area contributed by atoms with Gasteiger partial charge in [0.05, 0.1) is 5.56 Å². The molecular weight excluding hydrogens is 433 g/mol. The molecule has 0 fully saturated rings. The molecule has 5 nitrogen and oxygen atoms in total. The monoisotopic (exact) mass is 445 g/mol. The maximum Gasteiger partial charge on any atom is 0.390 e. The van der Waals surface area contributed by atoms with Gasteiger partial charge in [-0.25, -0.2) is 13.8 Å². The number of nitrogens with zero attached hydrogens (tertiary/aromatic N) is 3. The topological polar surface area (TPSA) is 56.0 Å². The number of aliphatic imine (C=N–C) groups is 1. The molecule has 0 unspecified atom stereocenters. The lowest BCUT2D eigenvalue weighted by molar-refractivity contribution is -0.0688. The predicted molar refractivity (Wildman–Crippen MR) is 106 cm³/mol. The normalized spacial score (nSPS) is 11.9. The molecule has 4 aromatic rings. The lowest BCUT2D eigenvalue weighted by Crippen LogP contribution is -2.04. The van der Waals surface area contributed by atoms with Gasteiger partial charge in [0.1, 0.15) is 23.0 Å². The van der Waals surface area contributed by atoms with E-state index >= 15 is 0 Å². The van der Waals surface area contributed by atoms with Gasteiger partial charge in [0.2, 0.25) is 0 Å². The van der Waals surface area contributed by atoms with Crippen molar-refractivity contribution in [2.24, 2.45) is 4.99 Å². The van der Waals surface area contributed by atoms with Crippen LogP contribution in [-0.2, 0) is 4.74 Å². The summed E-state index contributed by atoms with van der Waals surface area (Å²) in [6.45, 7) is -3.50. The van der Waals surface area contributed by atoms with E-state index in [9.17, 15) is 26.7 Å². The number of aromatic nitrogens is 2. The molecule has 0 aliphatic rings. The minimum Gasteiger partial charge on any atom is -0.393 e. The molecule has 0 spiro atoms. The van der Waals surface area contributed by atoms with Crippen LogP contribution in [0.1, 0.15) is 15.9 Å². The number of carbonyl (C=O) groups excluding carboxylic acids is 1. The van der Waals surface area contributed by atoms with Crippen molar-refractivity contribution in [3.05, 3.63) is 89.6 Å². The quantitative estimate of drug-likeness (QED) is 0.171. The maximum atomic E-state index is 14.6. The smallest absolute Gasteiger partial charge is 0.390 e. The van der Waals surface area contributed by atoms with Crippen molar-refractivity contribution in [2.45, 2.75) is 6.61 Å². The van der Waals surface area contributed by atoms with Gasteiger partial charge in [0, 0.05) is 17.3 Å². The third-order valence-corrected chi connectivity index (χ3v) is 4.48. The number of imidazole rings is 1. The highest BCUT2D eigenvalue weighted by Gasteiger charge is 2.23. The van der Waals surface area contributed by atoms with Crippen LogP contribution in [0.5, 0.6) is 0 Å². The Hall–Kier alpha value is -4.08. The molecule has 0 amide bonds. The molecule has 2 heterocycles. The van der Waals surface area contributed by atoms with Crippen LogP contribution in [0.15, 0.2) is 71.9 Å². The second-order valence-corrected chi connectivity index (χ2v) is 6.47. The molecular formula is C22H12F5N3O2. The lowest BCUT2D eigenvalue weighted by atomic mass is 10.1. The van der Waals surface area contributed by atoms with Gasteiger partial charge in [0.25, 0.3) is 0 Å². The maximum absolute atomic E-state index is 14.6. The highest BCUT2D eigenvalue weighted by Crippen LogP contribution is 2.35. The molecule has 0 aliphatic carbocycles. The summed E-state index contributed by atoms with van der Waals surface area (Å²) in [5.41, 5.74) is -0.478. The van der Waals surface area contributed by atoms with E-state index in [0.717, 1.165) is 22.6 Å². The zero-order valence-electron chi connectivity index (χ0n) is 16.0. The van der Waals surface area contributed by atoms with Gasteiger partial charge in [-0.15, -0.1) is 4.39 Å². The van der Waals surface area contributed by atoms with Gasteiger partial charge in [-0.05, 0) is 24.3 Å². The third kappa shape index (κ3) is 4.07. The van der Waals surface area contributed by atoms with Gasteiger partial charge in [-0.3, -0.25) is 9.20 Å². The molecule has 0 saturated carbocycles. The fourth-order valence-electron chi connectivity index (χ4n) is 3.14. The molecule has 32 heavy (non-hydrogen) atoms. The largest absolute Gasteiger partial charge is 0.393 e. The second kappa shape index (κ2) is 8.58. The second-order valence-electron chi connectivity index (χ2n) is 6.47. The number of benzene rings is 2. The van der Waals surface area contributed by atoms with Crippen molar-refractivity contribution in [1.29, 1.82) is 0 Å². The van der Waals surface area contributed by atoms with Gasteiger partial charge < -0.3 is 4.74 Å². The number of pyridine rings is 1. The van der Waals surface area contributed by atoms with Crippen LogP contribution in [0.3, 0.4) is 0 Å². The Kier molecular flexibility index (Phi) is 5.67. The number of halogens is 5. The summed E-state index contributed by atoms with van der Waals surface area (Å²) in [7, 11) is 0. The van der Waals surface area contributed by atoms with Crippen LogP contribution in [0, 0.1) is 11.6 Å². The molecule has 0 saturated heterocycles. The summed E-state index contributed by atoms with van der Waals surface area (Å²) in [6, 6.07) is 14.0. The van der Waals surface area contributed by atoms with Gasteiger partial charge in [-0.2, -0.15) is 13.8 Å². The first kappa shape index (κ1) is 21.2. The molecule has 0 bridgehead atoms. The Bertz CT molecular complexity index is 1320. The Morgan fingerprint density at radius 3 is 2.28 bits per heavy atom. The molecule has 162 valence electrons.